The Kier molecular flexibility index (Phi) is 4.32. The Morgan fingerprint density at radius 2 is 2.15 bits per heavy atom. The Hall–Kier alpha value is -0.990. The lowest BCUT2D eigenvalue weighted by Gasteiger charge is -2.16. The second-order valence-electron chi connectivity index (χ2n) is 5.88. The molecule has 1 fully saturated rings. The van der Waals surface area contributed by atoms with Crippen molar-refractivity contribution in [1.82, 2.24) is 5.32 Å². The van der Waals surface area contributed by atoms with Crippen LogP contribution in [0.3, 0.4) is 0 Å². The highest BCUT2D eigenvalue weighted by atomic mass is 35.5. The summed E-state index contributed by atoms with van der Waals surface area (Å²) in [7, 11) is 2.01. The van der Waals surface area contributed by atoms with Gasteiger partial charge >= 0.3 is 0 Å². The van der Waals surface area contributed by atoms with Crippen LogP contribution < -0.4 is 5.32 Å². The molecular formula is C17H22ClNO. The number of nitrogens with one attached hydrogen (secondary N) is 1. The van der Waals surface area contributed by atoms with Crippen molar-refractivity contribution in [2.24, 2.45) is 5.92 Å². The second-order valence-corrected chi connectivity index (χ2v) is 6.28. The predicted molar refractivity (Wildman–Crippen MR) is 84.2 cm³/mol. The monoisotopic (exact) mass is 291 g/mol. The van der Waals surface area contributed by atoms with E-state index in [-0.39, 0.29) is 0 Å². The summed E-state index contributed by atoms with van der Waals surface area (Å²) in [6, 6.07) is 8.31. The molecule has 1 unspecified atom stereocenters. The van der Waals surface area contributed by atoms with Crippen molar-refractivity contribution in [2.75, 3.05) is 7.05 Å². The Bertz CT molecular complexity index is 571. The number of para-hydroxylation sites is 1. The molecule has 2 aromatic rings. The second kappa shape index (κ2) is 6.19. The van der Waals surface area contributed by atoms with E-state index < -0.39 is 0 Å². The fourth-order valence-corrected chi connectivity index (χ4v) is 3.57. The van der Waals surface area contributed by atoms with E-state index >= 15 is 0 Å². The number of hydrogen-bond acceptors (Lipinski definition) is 2. The molecule has 20 heavy (non-hydrogen) atoms. The molecule has 0 radical (unpaired) electrons. The summed E-state index contributed by atoms with van der Waals surface area (Å²) in [6.07, 6.45) is 8.06. The first kappa shape index (κ1) is 14.0. The van der Waals surface area contributed by atoms with Crippen molar-refractivity contribution in [1.29, 1.82) is 0 Å². The Morgan fingerprint density at radius 1 is 1.35 bits per heavy atom. The standard InChI is InChI=1S/C17H22ClNO/c1-19-15(10-9-12-5-2-3-6-12)16-11-13-7-4-8-14(18)17(13)20-16/h4,7-8,11-12,15,19H,2-3,5-6,9-10H2,1H3. The molecule has 1 saturated carbocycles. The van der Waals surface area contributed by atoms with Crippen LogP contribution in [-0.4, -0.2) is 7.05 Å². The highest BCUT2D eigenvalue weighted by Crippen LogP contribution is 2.34. The van der Waals surface area contributed by atoms with Crippen molar-refractivity contribution < 1.29 is 4.42 Å². The Morgan fingerprint density at radius 3 is 2.85 bits per heavy atom. The van der Waals surface area contributed by atoms with E-state index in [9.17, 15) is 0 Å². The third-order valence-electron chi connectivity index (χ3n) is 4.55. The summed E-state index contributed by atoms with van der Waals surface area (Å²) in [4.78, 5) is 0. The fraction of sp³-hybridized carbons (Fsp3) is 0.529. The molecule has 0 amide bonds. The lowest BCUT2D eigenvalue weighted by Crippen LogP contribution is -2.16. The third kappa shape index (κ3) is 2.87. The molecule has 0 bridgehead atoms. The summed E-state index contributed by atoms with van der Waals surface area (Å²) >= 11 is 6.18. The topological polar surface area (TPSA) is 25.2 Å². The number of halogens is 1. The largest absolute Gasteiger partial charge is 0.458 e. The van der Waals surface area contributed by atoms with Gasteiger partial charge in [-0.15, -0.1) is 0 Å². The van der Waals surface area contributed by atoms with Gasteiger partial charge in [0.1, 0.15) is 5.76 Å². The Labute approximate surface area is 125 Å². The van der Waals surface area contributed by atoms with E-state index in [2.05, 4.69) is 17.4 Å². The average molecular weight is 292 g/mol. The zero-order chi connectivity index (χ0) is 13.9. The third-order valence-corrected chi connectivity index (χ3v) is 4.84. The molecule has 108 valence electrons. The zero-order valence-electron chi connectivity index (χ0n) is 12.0. The predicted octanol–water partition coefficient (Wildman–Crippen LogP) is 5.32. The summed E-state index contributed by atoms with van der Waals surface area (Å²) in [6.45, 7) is 0. The number of rotatable bonds is 5. The molecule has 2 nitrogen and oxygen atoms in total. The van der Waals surface area contributed by atoms with Crippen LogP contribution >= 0.6 is 11.6 Å². The van der Waals surface area contributed by atoms with Gasteiger partial charge in [-0.2, -0.15) is 0 Å². The van der Waals surface area contributed by atoms with Gasteiger partial charge in [0.25, 0.3) is 0 Å². The van der Waals surface area contributed by atoms with Crippen molar-refractivity contribution in [2.45, 2.75) is 44.6 Å². The smallest absolute Gasteiger partial charge is 0.152 e. The molecule has 0 spiro atoms. The minimum Gasteiger partial charge on any atom is -0.458 e. The lowest BCUT2D eigenvalue weighted by molar-refractivity contribution is 0.383. The fourth-order valence-electron chi connectivity index (χ4n) is 3.35. The molecule has 1 aliphatic carbocycles. The maximum Gasteiger partial charge on any atom is 0.152 e. The summed E-state index contributed by atoms with van der Waals surface area (Å²) in [5.74, 6) is 1.92. The number of hydrogen-bond donors (Lipinski definition) is 1. The van der Waals surface area contributed by atoms with Gasteiger partial charge in [0, 0.05) is 5.39 Å². The molecule has 3 heteroatoms. The number of benzene rings is 1. The highest BCUT2D eigenvalue weighted by Gasteiger charge is 2.20. The van der Waals surface area contributed by atoms with E-state index in [1.54, 1.807) is 0 Å². The van der Waals surface area contributed by atoms with E-state index in [4.69, 9.17) is 16.0 Å². The average Bonchev–Trinajstić information content (AvgIpc) is 3.09. The summed E-state index contributed by atoms with van der Waals surface area (Å²) < 4.78 is 5.97. The molecule has 1 aromatic carbocycles. The van der Waals surface area contributed by atoms with Gasteiger partial charge in [0.05, 0.1) is 11.1 Å². The molecule has 3 rings (SSSR count). The van der Waals surface area contributed by atoms with Gasteiger partial charge < -0.3 is 9.73 Å². The van der Waals surface area contributed by atoms with Crippen LogP contribution in [0.5, 0.6) is 0 Å². The van der Waals surface area contributed by atoms with E-state index in [1.165, 1.54) is 32.1 Å². The highest BCUT2D eigenvalue weighted by molar-refractivity contribution is 6.34. The molecule has 0 aliphatic heterocycles. The van der Waals surface area contributed by atoms with Gasteiger partial charge in [-0.1, -0.05) is 49.4 Å². The van der Waals surface area contributed by atoms with Gasteiger partial charge in [-0.3, -0.25) is 0 Å². The molecule has 0 saturated heterocycles. The minimum absolute atomic E-state index is 0.291. The minimum atomic E-state index is 0.291. The molecule has 1 atom stereocenters. The van der Waals surface area contributed by atoms with Crippen LogP contribution in [0.25, 0.3) is 11.0 Å². The number of furan rings is 1. The maximum absolute atomic E-state index is 6.18. The summed E-state index contributed by atoms with van der Waals surface area (Å²) in [5, 5.41) is 5.17. The van der Waals surface area contributed by atoms with E-state index in [0.29, 0.717) is 11.1 Å². The molecule has 1 aliphatic rings. The Balaban J connectivity index is 1.74. The number of fused-ring (bicyclic) bond motifs is 1. The van der Waals surface area contributed by atoms with Crippen LogP contribution in [0.15, 0.2) is 28.7 Å². The van der Waals surface area contributed by atoms with Gasteiger partial charge in [0.15, 0.2) is 5.58 Å². The van der Waals surface area contributed by atoms with Crippen LogP contribution in [-0.2, 0) is 0 Å². The van der Waals surface area contributed by atoms with Crippen molar-refractivity contribution >= 4 is 22.6 Å². The first-order valence-electron chi connectivity index (χ1n) is 7.63. The van der Waals surface area contributed by atoms with Crippen LogP contribution in [0, 0.1) is 5.92 Å². The molecule has 1 N–H and O–H groups in total. The molecule has 1 aromatic heterocycles. The van der Waals surface area contributed by atoms with Crippen LogP contribution in [0.1, 0.15) is 50.3 Å². The molecule has 1 heterocycles. The maximum atomic E-state index is 6.18. The van der Waals surface area contributed by atoms with E-state index in [0.717, 1.165) is 29.1 Å². The van der Waals surface area contributed by atoms with Gasteiger partial charge in [-0.25, -0.2) is 0 Å². The van der Waals surface area contributed by atoms with Crippen LogP contribution in [0.4, 0.5) is 0 Å². The van der Waals surface area contributed by atoms with Crippen molar-refractivity contribution in [3.05, 3.63) is 35.0 Å². The molecular weight excluding hydrogens is 270 g/mol. The van der Waals surface area contributed by atoms with Crippen molar-refractivity contribution in [3.63, 3.8) is 0 Å². The van der Waals surface area contributed by atoms with Crippen molar-refractivity contribution in [3.8, 4) is 0 Å². The van der Waals surface area contributed by atoms with Gasteiger partial charge in [-0.05, 0) is 37.9 Å². The zero-order valence-corrected chi connectivity index (χ0v) is 12.7. The normalized spacial score (nSPS) is 17.9. The van der Waals surface area contributed by atoms with E-state index in [1.807, 2.05) is 19.2 Å². The summed E-state index contributed by atoms with van der Waals surface area (Å²) in [5.41, 5.74) is 0.810. The first-order valence-corrected chi connectivity index (χ1v) is 8.01. The lowest BCUT2D eigenvalue weighted by atomic mass is 9.97. The SMILES string of the molecule is CNC(CCC1CCCC1)c1cc2cccc(Cl)c2o1. The first-order chi connectivity index (χ1) is 9.78. The van der Waals surface area contributed by atoms with Crippen LogP contribution in [0.2, 0.25) is 5.02 Å². The van der Waals surface area contributed by atoms with Gasteiger partial charge in [0.2, 0.25) is 0 Å². The quantitative estimate of drug-likeness (QED) is 0.807.